The first kappa shape index (κ1) is 12.7. The first-order valence-corrected chi connectivity index (χ1v) is 6.52. The third-order valence-corrected chi connectivity index (χ3v) is 3.68. The van der Waals surface area contributed by atoms with Gasteiger partial charge >= 0.3 is 5.97 Å². The molecule has 0 saturated carbocycles. The highest BCUT2D eigenvalue weighted by Gasteiger charge is 2.35. The number of esters is 1. The normalized spacial score (nSPS) is 18.4. The van der Waals surface area contributed by atoms with Crippen LogP contribution in [0.15, 0.2) is 24.4 Å². The molecule has 104 valence electrons. The van der Waals surface area contributed by atoms with Crippen LogP contribution in [0.2, 0.25) is 0 Å². The Labute approximate surface area is 115 Å². The molecular formula is C14H15N3O3. The number of H-pyrrole nitrogens is 1. The van der Waals surface area contributed by atoms with Crippen molar-refractivity contribution in [3.8, 4) is 0 Å². The van der Waals surface area contributed by atoms with Crippen LogP contribution in [0.1, 0.15) is 23.2 Å². The van der Waals surface area contributed by atoms with Gasteiger partial charge in [-0.15, -0.1) is 0 Å². The van der Waals surface area contributed by atoms with Crippen molar-refractivity contribution in [2.45, 2.75) is 18.9 Å². The number of rotatable bonds is 2. The van der Waals surface area contributed by atoms with Crippen LogP contribution in [-0.4, -0.2) is 46.7 Å². The number of carbonyl (C=O) groups is 2. The quantitative estimate of drug-likeness (QED) is 0.838. The summed E-state index contributed by atoms with van der Waals surface area (Å²) < 4.78 is 4.76. The molecule has 2 aromatic rings. The molecule has 1 amide bonds. The predicted molar refractivity (Wildman–Crippen MR) is 72.2 cm³/mol. The minimum Gasteiger partial charge on any atom is -0.467 e. The number of benzene rings is 1. The summed E-state index contributed by atoms with van der Waals surface area (Å²) in [6, 6.07) is 4.89. The van der Waals surface area contributed by atoms with Gasteiger partial charge in [0.15, 0.2) is 0 Å². The van der Waals surface area contributed by atoms with Gasteiger partial charge in [-0.1, -0.05) is 6.07 Å². The van der Waals surface area contributed by atoms with Crippen LogP contribution in [0.3, 0.4) is 0 Å². The number of aromatic nitrogens is 2. The Kier molecular flexibility index (Phi) is 3.14. The Morgan fingerprint density at radius 2 is 2.30 bits per heavy atom. The Bertz CT molecular complexity index is 664. The molecule has 1 aromatic carbocycles. The number of likely N-dealkylation sites (tertiary alicyclic amines) is 1. The number of fused-ring (bicyclic) bond motifs is 1. The van der Waals surface area contributed by atoms with Gasteiger partial charge in [0.05, 0.1) is 18.8 Å². The first-order chi connectivity index (χ1) is 9.70. The van der Waals surface area contributed by atoms with Crippen molar-refractivity contribution in [3.63, 3.8) is 0 Å². The van der Waals surface area contributed by atoms with Gasteiger partial charge in [-0.25, -0.2) is 4.79 Å². The summed E-state index contributed by atoms with van der Waals surface area (Å²) in [6.07, 6.45) is 3.18. The fourth-order valence-corrected chi connectivity index (χ4v) is 2.63. The molecule has 1 atom stereocenters. The maximum atomic E-state index is 12.5. The zero-order valence-electron chi connectivity index (χ0n) is 11.1. The van der Waals surface area contributed by atoms with Crippen LogP contribution in [0.5, 0.6) is 0 Å². The minimum atomic E-state index is -0.468. The first-order valence-electron chi connectivity index (χ1n) is 6.52. The summed E-state index contributed by atoms with van der Waals surface area (Å²) in [5.74, 6) is -0.493. The number of methoxy groups -OCH3 is 1. The van der Waals surface area contributed by atoms with Gasteiger partial charge in [0.2, 0.25) is 0 Å². The number of nitrogens with one attached hydrogen (secondary N) is 1. The van der Waals surface area contributed by atoms with Crippen LogP contribution in [0.4, 0.5) is 0 Å². The highest BCUT2D eigenvalue weighted by atomic mass is 16.5. The number of carbonyl (C=O) groups excluding carboxylic acids is 2. The number of amides is 1. The van der Waals surface area contributed by atoms with E-state index in [0.29, 0.717) is 18.5 Å². The maximum absolute atomic E-state index is 12.5. The summed E-state index contributed by atoms with van der Waals surface area (Å²) in [5.41, 5.74) is 1.36. The second-order valence-electron chi connectivity index (χ2n) is 4.85. The number of ether oxygens (including phenoxy) is 1. The van der Waals surface area contributed by atoms with E-state index in [-0.39, 0.29) is 11.9 Å². The monoisotopic (exact) mass is 273 g/mol. The van der Waals surface area contributed by atoms with E-state index in [9.17, 15) is 9.59 Å². The Balaban J connectivity index is 1.89. The van der Waals surface area contributed by atoms with Crippen molar-refractivity contribution >= 4 is 22.8 Å². The van der Waals surface area contributed by atoms with Crippen LogP contribution in [0, 0.1) is 0 Å². The van der Waals surface area contributed by atoms with Crippen molar-refractivity contribution in [1.29, 1.82) is 0 Å². The number of aromatic amines is 1. The van der Waals surface area contributed by atoms with E-state index in [1.54, 1.807) is 23.2 Å². The van der Waals surface area contributed by atoms with Crippen molar-refractivity contribution in [2.24, 2.45) is 0 Å². The molecule has 1 aliphatic rings. The fourth-order valence-electron chi connectivity index (χ4n) is 2.63. The van der Waals surface area contributed by atoms with Crippen LogP contribution in [-0.2, 0) is 9.53 Å². The molecule has 20 heavy (non-hydrogen) atoms. The second-order valence-corrected chi connectivity index (χ2v) is 4.85. The molecule has 6 heteroatoms. The smallest absolute Gasteiger partial charge is 0.328 e. The van der Waals surface area contributed by atoms with E-state index in [1.807, 2.05) is 6.07 Å². The molecule has 1 fully saturated rings. The lowest BCUT2D eigenvalue weighted by molar-refractivity contribution is -0.145. The van der Waals surface area contributed by atoms with Gasteiger partial charge in [-0.2, -0.15) is 5.10 Å². The van der Waals surface area contributed by atoms with Gasteiger partial charge in [0.1, 0.15) is 6.04 Å². The number of nitrogens with zero attached hydrogens (tertiary/aromatic N) is 2. The lowest BCUT2D eigenvalue weighted by atomic mass is 10.1. The van der Waals surface area contributed by atoms with Gasteiger partial charge in [0.25, 0.3) is 5.91 Å². The van der Waals surface area contributed by atoms with Gasteiger partial charge in [0, 0.05) is 17.5 Å². The highest BCUT2D eigenvalue weighted by Crippen LogP contribution is 2.22. The predicted octanol–water partition coefficient (Wildman–Crippen LogP) is 1.34. The van der Waals surface area contributed by atoms with Gasteiger partial charge < -0.3 is 9.64 Å². The third kappa shape index (κ3) is 2.03. The van der Waals surface area contributed by atoms with E-state index >= 15 is 0 Å². The highest BCUT2D eigenvalue weighted by molar-refractivity contribution is 5.99. The van der Waals surface area contributed by atoms with Gasteiger partial charge in [-0.05, 0) is 25.0 Å². The van der Waals surface area contributed by atoms with E-state index in [1.165, 1.54) is 7.11 Å². The molecule has 0 aliphatic carbocycles. The maximum Gasteiger partial charge on any atom is 0.328 e. The molecule has 0 radical (unpaired) electrons. The molecule has 0 bridgehead atoms. The average molecular weight is 273 g/mol. The topological polar surface area (TPSA) is 75.3 Å². The third-order valence-electron chi connectivity index (χ3n) is 3.68. The standard InChI is InChI=1S/C14H15N3O3/c1-20-14(19)12-3-2-6-17(12)13(18)9-4-5-10-8-15-16-11(10)7-9/h4-5,7-8,12H,2-3,6H2,1H3,(H,15,16). The Hall–Kier alpha value is -2.37. The van der Waals surface area contributed by atoms with Crippen molar-refractivity contribution in [1.82, 2.24) is 15.1 Å². The van der Waals surface area contributed by atoms with Crippen molar-refractivity contribution in [3.05, 3.63) is 30.0 Å². The second kappa shape index (κ2) is 4.96. The molecule has 3 rings (SSSR count). The molecule has 1 aliphatic heterocycles. The summed E-state index contributed by atoms with van der Waals surface area (Å²) in [7, 11) is 1.35. The van der Waals surface area contributed by atoms with Crippen LogP contribution < -0.4 is 0 Å². The summed E-state index contributed by atoms with van der Waals surface area (Å²) in [4.78, 5) is 25.8. The van der Waals surface area contributed by atoms with Crippen LogP contribution in [0.25, 0.3) is 10.9 Å². The lowest BCUT2D eigenvalue weighted by Crippen LogP contribution is -2.41. The van der Waals surface area contributed by atoms with E-state index < -0.39 is 6.04 Å². The van der Waals surface area contributed by atoms with E-state index in [0.717, 1.165) is 17.3 Å². The molecule has 1 aromatic heterocycles. The zero-order chi connectivity index (χ0) is 14.1. The molecule has 6 nitrogen and oxygen atoms in total. The molecule has 0 spiro atoms. The average Bonchev–Trinajstić information content (AvgIpc) is 3.13. The Morgan fingerprint density at radius 1 is 1.45 bits per heavy atom. The molecular weight excluding hydrogens is 258 g/mol. The molecule has 1 N–H and O–H groups in total. The van der Waals surface area contributed by atoms with Gasteiger partial charge in [-0.3, -0.25) is 9.89 Å². The zero-order valence-corrected chi connectivity index (χ0v) is 11.1. The summed E-state index contributed by atoms with van der Waals surface area (Å²) in [5, 5.41) is 7.72. The Morgan fingerprint density at radius 3 is 3.10 bits per heavy atom. The molecule has 2 heterocycles. The van der Waals surface area contributed by atoms with E-state index in [2.05, 4.69) is 10.2 Å². The number of hydrogen-bond donors (Lipinski definition) is 1. The molecule has 1 saturated heterocycles. The van der Waals surface area contributed by atoms with Crippen molar-refractivity contribution in [2.75, 3.05) is 13.7 Å². The summed E-state index contributed by atoms with van der Waals surface area (Å²) in [6.45, 7) is 0.583. The SMILES string of the molecule is COC(=O)C1CCCN1C(=O)c1ccc2cn[nH]c2c1. The number of hydrogen-bond acceptors (Lipinski definition) is 4. The van der Waals surface area contributed by atoms with Crippen molar-refractivity contribution < 1.29 is 14.3 Å². The fraction of sp³-hybridized carbons (Fsp3) is 0.357. The lowest BCUT2D eigenvalue weighted by Gasteiger charge is -2.22. The van der Waals surface area contributed by atoms with Crippen LogP contribution >= 0.6 is 0 Å². The van der Waals surface area contributed by atoms with E-state index in [4.69, 9.17) is 4.74 Å². The minimum absolute atomic E-state index is 0.144. The molecule has 1 unspecified atom stereocenters. The summed E-state index contributed by atoms with van der Waals surface area (Å²) >= 11 is 0. The largest absolute Gasteiger partial charge is 0.467 e.